The van der Waals surface area contributed by atoms with Crippen LogP contribution in [-0.2, 0) is 24.8 Å². The molecule has 0 bridgehead atoms. The number of aromatic nitrogens is 3. The van der Waals surface area contributed by atoms with Crippen molar-refractivity contribution in [2.75, 3.05) is 33.6 Å². The van der Waals surface area contributed by atoms with Crippen molar-refractivity contribution in [2.24, 2.45) is 7.05 Å². The molecule has 0 radical (unpaired) electrons. The van der Waals surface area contributed by atoms with E-state index >= 15 is 0 Å². The van der Waals surface area contributed by atoms with E-state index in [0.29, 0.717) is 39.5 Å². The Morgan fingerprint density at radius 3 is 2.52 bits per heavy atom. The van der Waals surface area contributed by atoms with E-state index in [9.17, 15) is 9.59 Å². The molecular weight excluding hydrogens is 766 g/mol. The summed E-state index contributed by atoms with van der Waals surface area (Å²) in [6, 6.07) is 22.0. The van der Waals surface area contributed by atoms with Crippen molar-refractivity contribution >= 4 is 51.0 Å². The molecule has 3 atom stereocenters. The summed E-state index contributed by atoms with van der Waals surface area (Å²) in [6.07, 6.45) is 10.3. The summed E-state index contributed by atoms with van der Waals surface area (Å²) in [6.45, 7) is 4.68. The molecule has 3 unspecified atom stereocenters. The standard InChI is InChI=1S/C17H16N2O3.C15H22N3S.C9H5BrN2O/c1-19-10-16(14-4-5-18-9-15(14)17(19)20)11-6-12(21-2)8-13(7-11)22-3;1-11-13-5-3-4-12(14(13)6-8-17(11)2)10-18-15(16-18)7-9-19-18;10-9-3-1-2-8(12-9)4-7(5-11)6-13/h4-10H,1-3H3;3-5,11,15-16H,6-10H2,1-2H3;1-4,6H/q;+1;/b;;7-4+. The Hall–Kier alpha value is -4.84. The number of carbonyl (C=O) groups excluding carboxylic acids is 1. The summed E-state index contributed by atoms with van der Waals surface area (Å²) in [7, 11) is 7.19. The van der Waals surface area contributed by atoms with Crippen LogP contribution in [-0.4, -0.2) is 69.4 Å². The second-order valence-corrected chi connectivity index (χ2v) is 15.4. The fourth-order valence-corrected chi connectivity index (χ4v) is 8.60. The van der Waals surface area contributed by atoms with Gasteiger partial charge in [0.25, 0.3) is 5.56 Å². The van der Waals surface area contributed by atoms with E-state index in [0.717, 1.165) is 33.2 Å². The summed E-state index contributed by atoms with van der Waals surface area (Å²) in [5.41, 5.74) is 10.8. The average molecular weight is 810 g/mol. The van der Waals surface area contributed by atoms with Crippen molar-refractivity contribution in [1.29, 1.82) is 5.26 Å². The van der Waals surface area contributed by atoms with Crippen LogP contribution in [0.1, 0.15) is 41.8 Å². The van der Waals surface area contributed by atoms with Crippen LogP contribution < -0.4 is 20.5 Å². The van der Waals surface area contributed by atoms with Crippen LogP contribution >= 0.6 is 27.9 Å². The van der Waals surface area contributed by atoms with Crippen LogP contribution in [0, 0.1) is 11.3 Å². The number of allylic oxidation sites excluding steroid dienone is 1. The minimum atomic E-state index is -0.0679. The zero-order chi connectivity index (χ0) is 38.4. The van der Waals surface area contributed by atoms with Crippen LogP contribution in [0.15, 0.2) is 94.2 Å². The van der Waals surface area contributed by atoms with Crippen molar-refractivity contribution in [3.63, 3.8) is 0 Å². The highest BCUT2D eigenvalue weighted by molar-refractivity contribution is 9.10. The number of ether oxygens (including phenoxy) is 2. The highest BCUT2D eigenvalue weighted by Crippen LogP contribution is 2.47. The van der Waals surface area contributed by atoms with Crippen LogP contribution in [0.4, 0.5) is 0 Å². The molecule has 0 aliphatic carbocycles. The lowest BCUT2D eigenvalue weighted by Crippen LogP contribution is -2.32. The van der Waals surface area contributed by atoms with Crippen molar-refractivity contribution in [1.82, 2.24) is 24.9 Å². The van der Waals surface area contributed by atoms with E-state index in [1.807, 2.05) is 30.5 Å². The third-order valence-electron chi connectivity index (χ3n) is 10.00. The number of aryl methyl sites for hydroxylation is 1. The van der Waals surface area contributed by atoms with Gasteiger partial charge in [0.2, 0.25) is 6.17 Å². The predicted molar refractivity (Wildman–Crippen MR) is 216 cm³/mol. The topological polar surface area (TPSA) is 132 Å². The van der Waals surface area contributed by atoms with Crippen LogP contribution in [0.25, 0.3) is 28.0 Å². The number of rotatable bonds is 7. The maximum atomic E-state index is 12.2. The van der Waals surface area contributed by atoms with Crippen LogP contribution in [0.2, 0.25) is 0 Å². The van der Waals surface area contributed by atoms with Gasteiger partial charge in [-0.25, -0.2) is 4.98 Å². The normalized spacial score (nSPS) is 19.9. The number of fused-ring (bicyclic) bond motifs is 3. The van der Waals surface area contributed by atoms with E-state index in [2.05, 4.69) is 80.3 Å². The molecule has 1 N–H and O–H groups in total. The molecule has 5 aromatic rings. The van der Waals surface area contributed by atoms with E-state index in [1.165, 1.54) is 31.2 Å². The number of quaternary nitrogens is 1. The fourth-order valence-electron chi connectivity index (χ4n) is 6.88. The molecule has 0 amide bonds. The summed E-state index contributed by atoms with van der Waals surface area (Å²) >= 11 is 5.27. The highest BCUT2D eigenvalue weighted by atomic mass is 79.9. The Kier molecular flexibility index (Phi) is 12.3. The van der Waals surface area contributed by atoms with E-state index in [-0.39, 0.29) is 11.1 Å². The van der Waals surface area contributed by atoms with E-state index < -0.39 is 0 Å². The van der Waals surface area contributed by atoms with Crippen molar-refractivity contribution in [2.45, 2.75) is 38.5 Å². The van der Waals surface area contributed by atoms with E-state index in [4.69, 9.17) is 14.7 Å². The molecule has 278 valence electrons. The van der Waals surface area contributed by atoms with Crippen molar-refractivity contribution < 1.29 is 18.3 Å². The second kappa shape index (κ2) is 17.1. The molecule has 3 aliphatic rings. The number of benzene rings is 2. The monoisotopic (exact) mass is 808 g/mol. The molecule has 2 saturated heterocycles. The molecule has 3 aromatic heterocycles. The molecule has 54 heavy (non-hydrogen) atoms. The number of carbonyl (C=O) groups is 1. The lowest BCUT2D eigenvalue weighted by molar-refractivity contribution is -0.703. The van der Waals surface area contributed by atoms with Gasteiger partial charge in [0.1, 0.15) is 28.7 Å². The number of likely N-dealkylation sites (N-methyl/N-ethyl adjacent to an activating group) is 1. The fraction of sp³-hybridized carbons (Fsp3) is 0.293. The second-order valence-electron chi connectivity index (χ2n) is 13.3. The molecule has 0 spiro atoms. The number of nitrogens with zero attached hydrogens (tertiary/aromatic N) is 6. The zero-order valence-electron chi connectivity index (χ0n) is 31.0. The predicted octanol–water partition coefficient (Wildman–Crippen LogP) is 7.02. The summed E-state index contributed by atoms with van der Waals surface area (Å²) in [5.74, 6) is 2.71. The first-order chi connectivity index (χ1) is 26.1. The Labute approximate surface area is 328 Å². The first-order valence-corrected chi connectivity index (χ1v) is 19.3. The van der Waals surface area contributed by atoms with Gasteiger partial charge in [-0.2, -0.15) is 9.26 Å². The van der Waals surface area contributed by atoms with Gasteiger partial charge in [-0.3, -0.25) is 19.5 Å². The van der Waals surface area contributed by atoms with Gasteiger partial charge < -0.3 is 14.0 Å². The molecule has 0 saturated carbocycles. The first-order valence-electron chi connectivity index (χ1n) is 17.6. The minimum Gasteiger partial charge on any atom is -0.497 e. The van der Waals surface area contributed by atoms with Gasteiger partial charge in [0, 0.05) is 61.8 Å². The largest absolute Gasteiger partial charge is 0.497 e. The molecule has 2 aromatic carbocycles. The number of aldehydes is 1. The Morgan fingerprint density at radius 2 is 1.87 bits per heavy atom. The number of nitriles is 1. The number of hydrogen-bond donors (Lipinski definition) is 1. The van der Waals surface area contributed by atoms with Gasteiger partial charge in [0.15, 0.2) is 6.29 Å². The highest BCUT2D eigenvalue weighted by Gasteiger charge is 2.61. The molecule has 6 heterocycles. The van der Waals surface area contributed by atoms with Gasteiger partial charge >= 0.3 is 0 Å². The van der Waals surface area contributed by atoms with Crippen LogP contribution in [0.5, 0.6) is 11.5 Å². The smallest absolute Gasteiger partial charge is 0.259 e. The van der Waals surface area contributed by atoms with Gasteiger partial charge in [-0.05, 0) is 94.8 Å². The van der Waals surface area contributed by atoms with Gasteiger partial charge in [-0.15, -0.1) is 0 Å². The molecular formula is C41H43BrN7O4S+. The van der Waals surface area contributed by atoms with Crippen LogP contribution in [0.3, 0.4) is 0 Å². The third kappa shape index (κ3) is 8.59. The van der Waals surface area contributed by atoms with Crippen molar-refractivity contribution in [3.8, 4) is 28.7 Å². The summed E-state index contributed by atoms with van der Waals surface area (Å²) < 4.78 is 14.0. The molecule has 13 heteroatoms. The Balaban J connectivity index is 0.000000143. The van der Waals surface area contributed by atoms with Crippen molar-refractivity contribution in [3.05, 3.63) is 122 Å². The molecule has 11 nitrogen and oxygen atoms in total. The Bertz CT molecular complexity index is 2290. The number of halogens is 1. The number of nitrogens with one attached hydrogen (secondary N) is 1. The summed E-state index contributed by atoms with van der Waals surface area (Å²) in [4.78, 5) is 33.1. The minimum absolute atomic E-state index is 0.0607. The Morgan fingerprint density at radius 1 is 1.11 bits per heavy atom. The maximum absolute atomic E-state index is 12.2. The lowest BCUT2D eigenvalue weighted by atomic mass is 9.90. The molecule has 8 rings (SSSR count). The lowest BCUT2D eigenvalue weighted by Gasteiger charge is -2.33. The van der Waals surface area contributed by atoms with Gasteiger partial charge in [0.05, 0.1) is 48.6 Å². The van der Waals surface area contributed by atoms with E-state index in [1.54, 1.807) is 79.2 Å². The summed E-state index contributed by atoms with van der Waals surface area (Å²) in [5, 5.41) is 9.91. The zero-order valence-corrected chi connectivity index (χ0v) is 33.4. The number of hydrogen-bond acceptors (Lipinski definition) is 10. The average Bonchev–Trinajstić information content (AvgIpc) is 3.73. The van der Waals surface area contributed by atoms with Gasteiger partial charge in [-0.1, -0.05) is 29.7 Å². The molecule has 3 aliphatic heterocycles. The quantitative estimate of drug-likeness (QED) is 0.0348. The first kappa shape index (κ1) is 38.9. The number of methoxy groups -OCH3 is 2. The number of pyridine rings is 3. The maximum Gasteiger partial charge on any atom is 0.259 e. The molecule has 2 fully saturated rings. The third-order valence-corrected chi connectivity index (χ3v) is 11.8. The SMILES string of the molecule is CC1c2cccc(C[N+]34NC3CCS4)c2CCN1C.COc1cc(OC)cc(-c2cn(C)c(=O)c3cnccc23)c1.N#C/C(C=O)=C\c1cccc(Br)n1.